The number of hydrogen-bond donors (Lipinski definition) is 0. The van der Waals surface area contributed by atoms with E-state index >= 15 is 0 Å². The third-order valence-corrected chi connectivity index (χ3v) is 3.05. The molecule has 88 valence electrons. The second-order valence-electron chi connectivity index (χ2n) is 4.61. The SMILES string of the molecule is Cc1ccc(-c2cnc3ccc(C)cc3n2)cc1. The summed E-state index contributed by atoms with van der Waals surface area (Å²) < 4.78 is 0. The van der Waals surface area contributed by atoms with E-state index in [0.717, 1.165) is 22.3 Å². The van der Waals surface area contributed by atoms with Gasteiger partial charge in [0.1, 0.15) is 0 Å². The quantitative estimate of drug-likeness (QED) is 0.638. The number of aryl methyl sites for hydroxylation is 2. The van der Waals surface area contributed by atoms with Gasteiger partial charge in [-0.05, 0) is 31.5 Å². The standard InChI is InChI=1S/C16H14N2/c1-11-3-6-13(7-4-11)16-10-17-14-8-5-12(2)9-15(14)18-16/h3-10H,1-2H3. The zero-order valence-corrected chi connectivity index (χ0v) is 10.5. The largest absolute Gasteiger partial charge is 0.252 e. The van der Waals surface area contributed by atoms with Gasteiger partial charge in [0.15, 0.2) is 0 Å². The van der Waals surface area contributed by atoms with Crippen LogP contribution in [0.2, 0.25) is 0 Å². The molecule has 0 aliphatic heterocycles. The molecule has 0 atom stereocenters. The second kappa shape index (κ2) is 4.22. The maximum atomic E-state index is 4.67. The third-order valence-electron chi connectivity index (χ3n) is 3.05. The molecule has 0 amide bonds. The molecular formula is C16H14N2. The highest BCUT2D eigenvalue weighted by Crippen LogP contribution is 2.20. The van der Waals surface area contributed by atoms with Crippen molar-refractivity contribution in [1.29, 1.82) is 0 Å². The Kier molecular flexibility index (Phi) is 2.56. The molecule has 2 aromatic carbocycles. The average Bonchev–Trinajstić information content (AvgIpc) is 2.38. The first-order valence-corrected chi connectivity index (χ1v) is 6.03. The summed E-state index contributed by atoms with van der Waals surface area (Å²) in [7, 11) is 0. The first kappa shape index (κ1) is 10.9. The Labute approximate surface area is 106 Å². The number of hydrogen-bond acceptors (Lipinski definition) is 2. The van der Waals surface area contributed by atoms with Crippen LogP contribution in [0.1, 0.15) is 11.1 Å². The Hall–Kier alpha value is -2.22. The van der Waals surface area contributed by atoms with Crippen molar-refractivity contribution in [1.82, 2.24) is 9.97 Å². The van der Waals surface area contributed by atoms with Crippen molar-refractivity contribution < 1.29 is 0 Å². The average molecular weight is 234 g/mol. The van der Waals surface area contributed by atoms with Gasteiger partial charge in [0, 0.05) is 5.56 Å². The molecule has 0 fully saturated rings. The van der Waals surface area contributed by atoms with Crippen LogP contribution in [0.5, 0.6) is 0 Å². The zero-order chi connectivity index (χ0) is 12.5. The summed E-state index contributed by atoms with van der Waals surface area (Å²) in [5.41, 5.74) is 6.38. The van der Waals surface area contributed by atoms with E-state index in [9.17, 15) is 0 Å². The normalized spacial score (nSPS) is 10.8. The molecule has 0 aliphatic carbocycles. The number of aromatic nitrogens is 2. The summed E-state index contributed by atoms with van der Waals surface area (Å²) in [6, 6.07) is 14.5. The molecule has 0 N–H and O–H groups in total. The predicted molar refractivity (Wildman–Crippen MR) is 74.4 cm³/mol. The maximum absolute atomic E-state index is 4.67. The zero-order valence-electron chi connectivity index (χ0n) is 10.5. The summed E-state index contributed by atoms with van der Waals surface area (Å²) in [6.45, 7) is 4.15. The van der Waals surface area contributed by atoms with E-state index in [1.165, 1.54) is 11.1 Å². The number of fused-ring (bicyclic) bond motifs is 1. The second-order valence-corrected chi connectivity index (χ2v) is 4.61. The molecule has 3 rings (SSSR count). The van der Waals surface area contributed by atoms with E-state index in [1.807, 2.05) is 12.3 Å². The highest BCUT2D eigenvalue weighted by atomic mass is 14.8. The summed E-state index contributed by atoms with van der Waals surface area (Å²) in [6.07, 6.45) is 1.84. The number of nitrogens with zero attached hydrogens (tertiary/aromatic N) is 2. The smallest absolute Gasteiger partial charge is 0.0896 e. The van der Waals surface area contributed by atoms with Gasteiger partial charge in [-0.2, -0.15) is 0 Å². The van der Waals surface area contributed by atoms with Crippen molar-refractivity contribution in [2.24, 2.45) is 0 Å². The summed E-state index contributed by atoms with van der Waals surface area (Å²) >= 11 is 0. The van der Waals surface area contributed by atoms with Crippen LogP contribution in [-0.2, 0) is 0 Å². The van der Waals surface area contributed by atoms with Gasteiger partial charge in [-0.3, -0.25) is 4.98 Å². The van der Waals surface area contributed by atoms with Gasteiger partial charge in [-0.25, -0.2) is 4.98 Å². The highest BCUT2D eigenvalue weighted by molar-refractivity contribution is 5.77. The molecule has 1 aromatic heterocycles. The van der Waals surface area contributed by atoms with Crippen molar-refractivity contribution in [3.05, 3.63) is 59.8 Å². The topological polar surface area (TPSA) is 25.8 Å². The molecule has 0 saturated heterocycles. The third kappa shape index (κ3) is 1.97. The van der Waals surface area contributed by atoms with E-state index < -0.39 is 0 Å². The Morgan fingerprint density at radius 2 is 1.50 bits per heavy atom. The lowest BCUT2D eigenvalue weighted by atomic mass is 10.1. The van der Waals surface area contributed by atoms with Crippen molar-refractivity contribution in [2.45, 2.75) is 13.8 Å². The molecule has 0 bridgehead atoms. The minimum Gasteiger partial charge on any atom is -0.252 e. The number of rotatable bonds is 1. The van der Waals surface area contributed by atoms with E-state index in [0.29, 0.717) is 0 Å². The molecule has 2 heteroatoms. The molecule has 3 aromatic rings. The Bertz CT molecular complexity index is 700. The molecule has 0 saturated carbocycles. The van der Waals surface area contributed by atoms with Crippen molar-refractivity contribution in [3.63, 3.8) is 0 Å². The van der Waals surface area contributed by atoms with Crippen LogP contribution in [0, 0.1) is 13.8 Å². The van der Waals surface area contributed by atoms with Crippen LogP contribution in [0.4, 0.5) is 0 Å². The van der Waals surface area contributed by atoms with Gasteiger partial charge in [0.25, 0.3) is 0 Å². The fourth-order valence-corrected chi connectivity index (χ4v) is 1.98. The van der Waals surface area contributed by atoms with Crippen LogP contribution in [0.3, 0.4) is 0 Å². The summed E-state index contributed by atoms with van der Waals surface area (Å²) in [4.78, 5) is 9.13. The van der Waals surface area contributed by atoms with Crippen molar-refractivity contribution >= 4 is 11.0 Å². The van der Waals surface area contributed by atoms with E-state index in [2.05, 4.69) is 60.2 Å². The first-order chi connectivity index (χ1) is 8.72. The Balaban J connectivity index is 2.15. The lowest BCUT2D eigenvalue weighted by Crippen LogP contribution is -1.89. The molecule has 0 spiro atoms. The van der Waals surface area contributed by atoms with Crippen LogP contribution in [0.15, 0.2) is 48.7 Å². The lowest BCUT2D eigenvalue weighted by molar-refractivity contribution is 1.28. The molecular weight excluding hydrogens is 220 g/mol. The maximum Gasteiger partial charge on any atom is 0.0896 e. The minimum atomic E-state index is 0.924. The first-order valence-electron chi connectivity index (χ1n) is 6.03. The highest BCUT2D eigenvalue weighted by Gasteiger charge is 2.02. The molecule has 2 nitrogen and oxygen atoms in total. The number of benzene rings is 2. The van der Waals surface area contributed by atoms with Gasteiger partial charge >= 0.3 is 0 Å². The minimum absolute atomic E-state index is 0.924. The van der Waals surface area contributed by atoms with Crippen LogP contribution in [0.25, 0.3) is 22.3 Å². The van der Waals surface area contributed by atoms with Crippen LogP contribution >= 0.6 is 0 Å². The summed E-state index contributed by atoms with van der Waals surface area (Å²) in [5, 5.41) is 0. The fraction of sp³-hybridized carbons (Fsp3) is 0.125. The van der Waals surface area contributed by atoms with Gasteiger partial charge in [-0.1, -0.05) is 35.9 Å². The predicted octanol–water partition coefficient (Wildman–Crippen LogP) is 3.91. The summed E-state index contributed by atoms with van der Waals surface area (Å²) in [5.74, 6) is 0. The molecule has 0 unspecified atom stereocenters. The van der Waals surface area contributed by atoms with Crippen LogP contribution < -0.4 is 0 Å². The van der Waals surface area contributed by atoms with E-state index in [1.54, 1.807) is 0 Å². The molecule has 0 radical (unpaired) electrons. The van der Waals surface area contributed by atoms with Crippen molar-refractivity contribution in [3.8, 4) is 11.3 Å². The molecule has 18 heavy (non-hydrogen) atoms. The van der Waals surface area contributed by atoms with E-state index in [4.69, 9.17) is 0 Å². The van der Waals surface area contributed by atoms with E-state index in [-0.39, 0.29) is 0 Å². The van der Waals surface area contributed by atoms with Gasteiger partial charge in [-0.15, -0.1) is 0 Å². The van der Waals surface area contributed by atoms with Gasteiger partial charge in [0.05, 0.1) is 22.9 Å². The lowest BCUT2D eigenvalue weighted by Gasteiger charge is -2.03. The molecule has 1 heterocycles. The molecule has 0 aliphatic rings. The van der Waals surface area contributed by atoms with Gasteiger partial charge < -0.3 is 0 Å². The Morgan fingerprint density at radius 1 is 0.778 bits per heavy atom. The fourth-order valence-electron chi connectivity index (χ4n) is 1.98. The monoisotopic (exact) mass is 234 g/mol. The van der Waals surface area contributed by atoms with Crippen molar-refractivity contribution in [2.75, 3.05) is 0 Å². The Morgan fingerprint density at radius 3 is 2.28 bits per heavy atom. The van der Waals surface area contributed by atoms with Gasteiger partial charge in [0.2, 0.25) is 0 Å². The van der Waals surface area contributed by atoms with Crippen LogP contribution in [-0.4, -0.2) is 9.97 Å².